The summed E-state index contributed by atoms with van der Waals surface area (Å²) in [6, 6.07) is 5.30. The lowest BCUT2D eigenvalue weighted by atomic mass is 9.77. The van der Waals surface area contributed by atoms with Crippen LogP contribution in [0.1, 0.15) is 19.3 Å². The highest BCUT2D eigenvalue weighted by Crippen LogP contribution is 2.40. The van der Waals surface area contributed by atoms with E-state index >= 15 is 0 Å². The van der Waals surface area contributed by atoms with Gasteiger partial charge in [-0.15, -0.1) is 0 Å². The predicted octanol–water partition coefficient (Wildman–Crippen LogP) is 3.19. The molecule has 0 saturated heterocycles. The second-order valence-corrected chi connectivity index (χ2v) is 6.01. The Morgan fingerprint density at radius 2 is 2.05 bits per heavy atom. The third-order valence-electron chi connectivity index (χ3n) is 4.37. The fraction of sp³-hybridized carbons (Fsp3) is 0.438. The molecule has 21 heavy (non-hydrogen) atoms. The topological polar surface area (TPSA) is 40.5 Å². The standard InChI is InChI=1S/C16H18ClNO3/c1-20-10-16(6-3-7-16)18-9-14(21-2)12-5-4-11(17)8-13(12)15(18)19/h4-5,8-9H,3,6-7,10H2,1-2H3. The van der Waals surface area contributed by atoms with Crippen LogP contribution < -0.4 is 10.3 Å². The number of benzene rings is 1. The molecule has 1 aromatic heterocycles. The summed E-state index contributed by atoms with van der Waals surface area (Å²) < 4.78 is 12.6. The first-order valence-corrected chi connectivity index (χ1v) is 7.37. The largest absolute Gasteiger partial charge is 0.495 e. The van der Waals surface area contributed by atoms with Crippen molar-refractivity contribution in [3.63, 3.8) is 0 Å². The van der Waals surface area contributed by atoms with Crippen LogP contribution in [0.2, 0.25) is 5.02 Å². The highest BCUT2D eigenvalue weighted by atomic mass is 35.5. The number of rotatable bonds is 4. The molecule has 0 unspecified atom stereocenters. The number of halogens is 1. The Labute approximate surface area is 128 Å². The minimum absolute atomic E-state index is 0.0370. The van der Waals surface area contributed by atoms with Gasteiger partial charge in [-0.05, 0) is 37.5 Å². The summed E-state index contributed by atoms with van der Waals surface area (Å²) in [5.41, 5.74) is -0.291. The molecule has 1 aliphatic carbocycles. The lowest BCUT2D eigenvalue weighted by molar-refractivity contribution is 0.0247. The van der Waals surface area contributed by atoms with Gasteiger partial charge < -0.3 is 14.0 Å². The summed E-state index contributed by atoms with van der Waals surface area (Å²) >= 11 is 6.05. The number of nitrogens with zero attached hydrogens (tertiary/aromatic N) is 1. The van der Waals surface area contributed by atoms with Crippen LogP contribution in [-0.2, 0) is 10.3 Å². The van der Waals surface area contributed by atoms with Crippen molar-refractivity contribution in [1.29, 1.82) is 0 Å². The summed E-state index contributed by atoms with van der Waals surface area (Å²) in [7, 11) is 3.28. The Hall–Kier alpha value is -1.52. The van der Waals surface area contributed by atoms with Crippen LogP contribution in [0.5, 0.6) is 5.75 Å². The highest BCUT2D eigenvalue weighted by Gasteiger charge is 2.40. The van der Waals surface area contributed by atoms with Gasteiger partial charge in [0.1, 0.15) is 5.75 Å². The smallest absolute Gasteiger partial charge is 0.259 e. The maximum Gasteiger partial charge on any atom is 0.259 e. The van der Waals surface area contributed by atoms with Crippen LogP contribution in [0.15, 0.2) is 29.2 Å². The van der Waals surface area contributed by atoms with Crippen molar-refractivity contribution in [2.24, 2.45) is 0 Å². The maximum absolute atomic E-state index is 12.9. The Morgan fingerprint density at radius 1 is 1.29 bits per heavy atom. The van der Waals surface area contributed by atoms with Crippen molar-refractivity contribution < 1.29 is 9.47 Å². The fourth-order valence-corrected chi connectivity index (χ4v) is 3.28. The lowest BCUT2D eigenvalue weighted by Crippen LogP contribution is -2.49. The van der Waals surface area contributed by atoms with Crippen molar-refractivity contribution in [3.8, 4) is 5.75 Å². The zero-order valence-corrected chi connectivity index (χ0v) is 12.9. The van der Waals surface area contributed by atoms with E-state index in [9.17, 15) is 4.79 Å². The summed E-state index contributed by atoms with van der Waals surface area (Å²) in [4.78, 5) is 12.9. The zero-order chi connectivity index (χ0) is 15.0. The molecule has 0 spiro atoms. The Bertz CT molecular complexity index is 734. The van der Waals surface area contributed by atoms with Gasteiger partial charge in [-0.2, -0.15) is 0 Å². The lowest BCUT2D eigenvalue weighted by Gasteiger charge is -2.43. The van der Waals surface area contributed by atoms with E-state index in [4.69, 9.17) is 21.1 Å². The molecular weight excluding hydrogens is 290 g/mol. The van der Waals surface area contributed by atoms with E-state index in [0.717, 1.165) is 24.6 Å². The molecule has 0 bridgehead atoms. The molecule has 1 fully saturated rings. The Kier molecular flexibility index (Phi) is 3.68. The fourth-order valence-electron chi connectivity index (χ4n) is 3.11. The summed E-state index contributed by atoms with van der Waals surface area (Å²) in [5, 5.41) is 1.92. The van der Waals surface area contributed by atoms with Crippen LogP contribution in [0, 0.1) is 0 Å². The Morgan fingerprint density at radius 3 is 2.62 bits per heavy atom. The molecular formula is C16H18ClNO3. The number of aromatic nitrogens is 1. The maximum atomic E-state index is 12.9. The minimum Gasteiger partial charge on any atom is -0.495 e. The monoisotopic (exact) mass is 307 g/mol. The number of fused-ring (bicyclic) bond motifs is 1. The van der Waals surface area contributed by atoms with E-state index in [0.29, 0.717) is 22.8 Å². The molecule has 0 amide bonds. The van der Waals surface area contributed by atoms with Crippen molar-refractivity contribution >= 4 is 22.4 Å². The van der Waals surface area contributed by atoms with Gasteiger partial charge >= 0.3 is 0 Å². The number of ether oxygens (including phenoxy) is 2. The average Bonchev–Trinajstić information content (AvgIpc) is 2.44. The molecule has 112 valence electrons. The molecule has 1 aromatic carbocycles. The van der Waals surface area contributed by atoms with Gasteiger partial charge in [0.05, 0.1) is 30.8 Å². The van der Waals surface area contributed by atoms with E-state index in [1.54, 1.807) is 37.1 Å². The van der Waals surface area contributed by atoms with Gasteiger partial charge in [0.15, 0.2) is 0 Å². The first-order valence-electron chi connectivity index (χ1n) is 7.00. The van der Waals surface area contributed by atoms with Crippen LogP contribution in [0.4, 0.5) is 0 Å². The van der Waals surface area contributed by atoms with E-state index in [-0.39, 0.29) is 11.1 Å². The van der Waals surface area contributed by atoms with Gasteiger partial charge in [-0.25, -0.2) is 0 Å². The van der Waals surface area contributed by atoms with Crippen LogP contribution in [0.3, 0.4) is 0 Å². The Balaban J connectivity index is 2.28. The molecule has 0 atom stereocenters. The van der Waals surface area contributed by atoms with Crippen LogP contribution >= 0.6 is 11.6 Å². The van der Waals surface area contributed by atoms with Gasteiger partial charge in [0.2, 0.25) is 0 Å². The molecule has 5 heteroatoms. The number of pyridine rings is 1. The summed E-state index contributed by atoms with van der Waals surface area (Å²) in [6.07, 6.45) is 4.79. The highest BCUT2D eigenvalue weighted by molar-refractivity contribution is 6.31. The summed E-state index contributed by atoms with van der Waals surface area (Å²) in [5.74, 6) is 0.684. The molecule has 3 rings (SSSR count). The molecule has 0 N–H and O–H groups in total. The van der Waals surface area contributed by atoms with Gasteiger partial charge in [-0.1, -0.05) is 11.6 Å². The SMILES string of the molecule is COCC1(n2cc(OC)c3ccc(Cl)cc3c2=O)CCC1. The number of methoxy groups -OCH3 is 2. The van der Waals surface area contributed by atoms with Crippen molar-refractivity contribution in [3.05, 3.63) is 39.8 Å². The molecule has 1 saturated carbocycles. The minimum atomic E-state index is -0.254. The summed E-state index contributed by atoms with van der Waals surface area (Å²) in [6.45, 7) is 0.530. The molecule has 0 aliphatic heterocycles. The quantitative estimate of drug-likeness (QED) is 0.871. The molecule has 1 heterocycles. The van der Waals surface area contributed by atoms with Gasteiger partial charge in [0.25, 0.3) is 5.56 Å². The number of hydrogen-bond donors (Lipinski definition) is 0. The van der Waals surface area contributed by atoms with Crippen LogP contribution in [-0.4, -0.2) is 25.4 Å². The third kappa shape index (κ3) is 2.23. The second-order valence-electron chi connectivity index (χ2n) is 5.57. The first kappa shape index (κ1) is 14.4. The molecule has 0 radical (unpaired) electrons. The predicted molar refractivity (Wildman–Crippen MR) is 83.5 cm³/mol. The van der Waals surface area contributed by atoms with E-state index in [2.05, 4.69) is 0 Å². The third-order valence-corrected chi connectivity index (χ3v) is 4.61. The molecule has 1 aliphatic rings. The van der Waals surface area contributed by atoms with Crippen molar-refractivity contribution in [1.82, 2.24) is 4.57 Å². The van der Waals surface area contributed by atoms with E-state index < -0.39 is 0 Å². The van der Waals surface area contributed by atoms with E-state index in [1.807, 2.05) is 6.07 Å². The van der Waals surface area contributed by atoms with Crippen LogP contribution in [0.25, 0.3) is 10.8 Å². The molecule has 2 aromatic rings. The van der Waals surface area contributed by atoms with E-state index in [1.165, 1.54) is 0 Å². The zero-order valence-electron chi connectivity index (χ0n) is 12.2. The van der Waals surface area contributed by atoms with Crippen molar-refractivity contribution in [2.45, 2.75) is 24.8 Å². The van der Waals surface area contributed by atoms with Gasteiger partial charge in [0, 0.05) is 17.5 Å². The van der Waals surface area contributed by atoms with Crippen molar-refractivity contribution in [2.75, 3.05) is 20.8 Å². The number of hydrogen-bond acceptors (Lipinski definition) is 3. The second kappa shape index (κ2) is 5.35. The first-order chi connectivity index (χ1) is 10.1. The average molecular weight is 308 g/mol. The van der Waals surface area contributed by atoms with Gasteiger partial charge in [-0.3, -0.25) is 4.79 Å². The molecule has 4 nitrogen and oxygen atoms in total. The normalized spacial score (nSPS) is 16.7.